The Morgan fingerprint density at radius 2 is 1.92 bits per heavy atom. The maximum absolute atomic E-state index is 13.2. The van der Waals surface area contributed by atoms with Crippen LogP contribution < -0.4 is 4.90 Å². The highest BCUT2D eigenvalue weighted by atomic mass is 35.5. The Labute approximate surface area is 214 Å². The number of carbonyl (C=O) groups excluding carboxylic acids is 1. The van der Waals surface area contributed by atoms with Gasteiger partial charge in [-0.25, -0.2) is 14.2 Å². The quantitative estimate of drug-likeness (QED) is 0.478. The van der Waals surface area contributed by atoms with Crippen LogP contribution in [0.1, 0.15) is 62.8 Å². The minimum absolute atomic E-state index is 0.222. The molecule has 6 rings (SSSR count). The van der Waals surface area contributed by atoms with E-state index in [4.69, 9.17) is 16.3 Å². The number of fused-ring (bicyclic) bond motifs is 3. The zero-order valence-corrected chi connectivity index (χ0v) is 21.2. The third-order valence-corrected chi connectivity index (χ3v) is 7.80. The number of ether oxygens (including phenoxy) is 1. The summed E-state index contributed by atoms with van der Waals surface area (Å²) in [5.74, 6) is 2.40. The topological polar surface area (TPSA) is 76.4 Å². The van der Waals surface area contributed by atoms with Crippen molar-refractivity contribution in [2.24, 2.45) is 5.41 Å². The first-order valence-electron chi connectivity index (χ1n) is 12.3. The smallest absolute Gasteiger partial charge is 0.410 e. The summed E-state index contributed by atoms with van der Waals surface area (Å²) < 4.78 is 20.9. The molecule has 1 saturated carbocycles. The van der Waals surface area contributed by atoms with Gasteiger partial charge in [-0.05, 0) is 69.5 Å². The minimum atomic E-state index is -0.381. The van der Waals surface area contributed by atoms with Gasteiger partial charge in [-0.15, -0.1) is 10.2 Å². The average Bonchev–Trinajstić information content (AvgIpc) is 3.15. The summed E-state index contributed by atoms with van der Waals surface area (Å²) in [6, 6.07) is 8.62. The highest BCUT2D eigenvalue weighted by molar-refractivity contribution is 6.30. The normalized spacial score (nSPS) is 20.4. The van der Waals surface area contributed by atoms with Crippen LogP contribution in [-0.2, 0) is 11.3 Å². The lowest BCUT2D eigenvalue weighted by atomic mass is 9.57. The molecule has 3 aromatic rings. The summed E-state index contributed by atoms with van der Waals surface area (Å²) in [7, 11) is 0. The zero-order valence-electron chi connectivity index (χ0n) is 20.5. The van der Waals surface area contributed by atoms with Gasteiger partial charge in [0.15, 0.2) is 5.82 Å². The van der Waals surface area contributed by atoms with E-state index in [2.05, 4.69) is 24.6 Å². The molecule has 188 valence electrons. The molecule has 1 amide bonds. The number of hydrogen-bond donors (Lipinski definition) is 0. The fourth-order valence-corrected chi connectivity index (χ4v) is 6.04. The van der Waals surface area contributed by atoms with Crippen molar-refractivity contribution in [2.75, 3.05) is 18.0 Å². The first kappa shape index (κ1) is 23.2. The Morgan fingerprint density at radius 3 is 2.61 bits per heavy atom. The Kier molecular flexibility index (Phi) is 5.44. The number of benzene rings is 1. The zero-order chi connectivity index (χ0) is 25.2. The molecule has 10 heteroatoms. The second kappa shape index (κ2) is 8.44. The molecule has 4 heterocycles. The second-order valence-corrected chi connectivity index (χ2v) is 11.0. The van der Waals surface area contributed by atoms with Gasteiger partial charge in [-0.1, -0.05) is 11.6 Å². The van der Waals surface area contributed by atoms with Gasteiger partial charge in [0.2, 0.25) is 0 Å². The van der Waals surface area contributed by atoms with E-state index in [1.54, 1.807) is 11.0 Å². The summed E-state index contributed by atoms with van der Waals surface area (Å²) >= 11 is 6.35. The first-order chi connectivity index (χ1) is 17.2. The fourth-order valence-electron chi connectivity index (χ4n) is 5.85. The molecule has 1 spiro atoms. The van der Waals surface area contributed by atoms with Gasteiger partial charge >= 0.3 is 6.09 Å². The van der Waals surface area contributed by atoms with E-state index in [9.17, 15) is 9.18 Å². The highest BCUT2D eigenvalue weighted by Gasteiger charge is 2.54. The molecule has 1 aromatic carbocycles. The molecule has 2 fully saturated rings. The van der Waals surface area contributed by atoms with Crippen LogP contribution in [0, 0.1) is 11.2 Å². The standard InChI is InChI=1S/C26H28ClFN6O2/c1-15(2)36-25(35)33-12-17-8-19(27)4-6-21(17)34-23(16(33)3)30-31-24(34)18-9-26(10-18)13-32(14-26)22-7-5-20(28)11-29-22/h4-8,11,15-16,18H,9-10,12-14H2,1-3H3. The molecule has 2 aliphatic heterocycles. The van der Waals surface area contributed by atoms with Crippen molar-refractivity contribution >= 4 is 23.5 Å². The number of halogens is 2. The van der Waals surface area contributed by atoms with Crippen molar-refractivity contribution in [1.29, 1.82) is 0 Å². The van der Waals surface area contributed by atoms with Gasteiger partial charge < -0.3 is 9.64 Å². The number of carbonyl (C=O) groups is 1. The van der Waals surface area contributed by atoms with Gasteiger partial charge in [-0.2, -0.15) is 0 Å². The van der Waals surface area contributed by atoms with Gasteiger partial charge in [0.25, 0.3) is 0 Å². The molecule has 8 nitrogen and oxygen atoms in total. The van der Waals surface area contributed by atoms with Crippen molar-refractivity contribution in [3.8, 4) is 5.69 Å². The molecule has 0 N–H and O–H groups in total. The molecule has 0 bridgehead atoms. The lowest BCUT2D eigenvalue weighted by Gasteiger charge is -2.59. The predicted octanol–water partition coefficient (Wildman–Crippen LogP) is 5.26. The van der Waals surface area contributed by atoms with E-state index >= 15 is 0 Å². The largest absolute Gasteiger partial charge is 0.447 e. The SMILES string of the molecule is CC(C)OC(=O)N1Cc2cc(Cl)ccc2-n2c(C3CC4(C3)CN(c3ccc(F)cn3)C4)nnc2C1C. The predicted molar refractivity (Wildman–Crippen MR) is 133 cm³/mol. The van der Waals surface area contributed by atoms with Crippen LogP contribution in [0.3, 0.4) is 0 Å². The third kappa shape index (κ3) is 3.80. The molecular weight excluding hydrogens is 483 g/mol. The van der Waals surface area contributed by atoms with Crippen LogP contribution in [-0.4, -0.2) is 49.9 Å². The van der Waals surface area contributed by atoms with E-state index in [0.717, 1.165) is 54.6 Å². The lowest BCUT2D eigenvalue weighted by Crippen LogP contribution is -2.62. The highest BCUT2D eigenvalue weighted by Crippen LogP contribution is 2.56. The van der Waals surface area contributed by atoms with Gasteiger partial charge in [-0.3, -0.25) is 9.47 Å². The Morgan fingerprint density at radius 1 is 1.17 bits per heavy atom. The van der Waals surface area contributed by atoms with E-state index in [1.807, 2.05) is 39.0 Å². The first-order valence-corrected chi connectivity index (χ1v) is 12.7. The van der Waals surface area contributed by atoms with Crippen LogP contribution in [0.2, 0.25) is 5.02 Å². The summed E-state index contributed by atoms with van der Waals surface area (Å²) in [6.07, 6.45) is 2.66. The Balaban J connectivity index is 1.27. The van der Waals surface area contributed by atoms with Crippen LogP contribution in [0.25, 0.3) is 5.69 Å². The van der Waals surface area contributed by atoms with Crippen LogP contribution in [0.15, 0.2) is 36.5 Å². The lowest BCUT2D eigenvalue weighted by molar-refractivity contribution is 0.0578. The van der Waals surface area contributed by atoms with Gasteiger partial charge in [0.1, 0.15) is 17.5 Å². The molecule has 36 heavy (non-hydrogen) atoms. The van der Waals surface area contributed by atoms with Crippen LogP contribution >= 0.6 is 11.6 Å². The minimum Gasteiger partial charge on any atom is -0.447 e. The Bertz CT molecular complexity index is 1310. The monoisotopic (exact) mass is 510 g/mol. The molecule has 3 aliphatic rings. The molecular formula is C26H28ClFN6O2. The number of rotatable bonds is 3. The number of nitrogens with zero attached hydrogens (tertiary/aromatic N) is 6. The van der Waals surface area contributed by atoms with E-state index in [0.29, 0.717) is 11.6 Å². The summed E-state index contributed by atoms with van der Waals surface area (Å²) in [6.45, 7) is 7.82. The molecule has 1 saturated heterocycles. The van der Waals surface area contributed by atoms with Crippen LogP contribution in [0.5, 0.6) is 0 Å². The van der Waals surface area contributed by atoms with Gasteiger partial charge in [0, 0.05) is 29.4 Å². The average molecular weight is 511 g/mol. The number of hydrogen-bond acceptors (Lipinski definition) is 6. The van der Waals surface area contributed by atoms with Crippen molar-refractivity contribution in [3.05, 3.63) is 64.6 Å². The van der Waals surface area contributed by atoms with E-state index in [1.165, 1.54) is 12.3 Å². The number of pyridine rings is 1. The second-order valence-electron chi connectivity index (χ2n) is 10.6. The fraction of sp³-hybridized carbons (Fsp3) is 0.462. The van der Waals surface area contributed by atoms with Crippen molar-refractivity contribution < 1.29 is 13.9 Å². The van der Waals surface area contributed by atoms with Crippen LogP contribution in [0.4, 0.5) is 15.0 Å². The Hall–Kier alpha value is -3.20. The number of aromatic nitrogens is 4. The van der Waals surface area contributed by atoms with Crippen molar-refractivity contribution in [3.63, 3.8) is 0 Å². The maximum Gasteiger partial charge on any atom is 0.410 e. The molecule has 1 aliphatic carbocycles. The van der Waals surface area contributed by atoms with Crippen molar-refractivity contribution in [1.82, 2.24) is 24.6 Å². The number of amides is 1. The van der Waals surface area contributed by atoms with E-state index < -0.39 is 0 Å². The maximum atomic E-state index is 13.2. The van der Waals surface area contributed by atoms with Gasteiger partial charge in [0.05, 0.1) is 30.6 Å². The van der Waals surface area contributed by atoms with E-state index in [-0.39, 0.29) is 35.4 Å². The summed E-state index contributed by atoms with van der Waals surface area (Å²) in [5, 5.41) is 9.82. The van der Waals surface area contributed by atoms with Crippen molar-refractivity contribution in [2.45, 2.75) is 58.2 Å². The summed E-state index contributed by atoms with van der Waals surface area (Å²) in [4.78, 5) is 21.1. The molecule has 1 unspecified atom stereocenters. The molecule has 1 atom stereocenters. The summed E-state index contributed by atoms with van der Waals surface area (Å²) in [5.41, 5.74) is 2.10. The number of anilines is 1. The molecule has 2 aromatic heterocycles. The third-order valence-electron chi connectivity index (χ3n) is 7.56. The molecule has 0 radical (unpaired) electrons.